The number of nitrogens with zero attached hydrogens (tertiary/aromatic N) is 2. The topological polar surface area (TPSA) is 88.3 Å². The molecule has 0 aliphatic heterocycles. The van der Waals surface area contributed by atoms with Gasteiger partial charge >= 0.3 is 0 Å². The standard InChI is InChI=1S/C12H17N3O3/c16-11-3-1-2-9(6-11)7-13-12-5-4-10(8-14-12)15(17)18/h4-5,8-9,11,16H,1-3,6-7H2,(H,13,14). The summed E-state index contributed by atoms with van der Waals surface area (Å²) >= 11 is 0. The molecule has 2 unspecified atom stereocenters. The number of aliphatic hydroxyl groups is 1. The van der Waals surface area contributed by atoms with Gasteiger partial charge in [0.15, 0.2) is 0 Å². The normalized spacial score (nSPS) is 23.6. The Morgan fingerprint density at radius 2 is 2.33 bits per heavy atom. The number of aromatic nitrogens is 1. The summed E-state index contributed by atoms with van der Waals surface area (Å²) in [6.45, 7) is 0.752. The monoisotopic (exact) mass is 251 g/mol. The molecule has 0 aromatic carbocycles. The predicted octanol–water partition coefficient (Wildman–Crippen LogP) is 1.95. The first-order valence-corrected chi connectivity index (χ1v) is 6.17. The Hall–Kier alpha value is -1.69. The van der Waals surface area contributed by atoms with Crippen molar-refractivity contribution in [1.29, 1.82) is 0 Å². The van der Waals surface area contributed by atoms with Gasteiger partial charge in [-0.25, -0.2) is 4.98 Å². The van der Waals surface area contributed by atoms with E-state index in [9.17, 15) is 15.2 Å². The number of hydrogen-bond donors (Lipinski definition) is 2. The first-order chi connectivity index (χ1) is 8.65. The Morgan fingerprint density at radius 3 is 2.94 bits per heavy atom. The second-order valence-electron chi connectivity index (χ2n) is 4.73. The molecule has 18 heavy (non-hydrogen) atoms. The molecule has 1 fully saturated rings. The van der Waals surface area contributed by atoms with E-state index >= 15 is 0 Å². The summed E-state index contributed by atoms with van der Waals surface area (Å²) in [4.78, 5) is 14.0. The van der Waals surface area contributed by atoms with E-state index in [2.05, 4.69) is 10.3 Å². The lowest BCUT2D eigenvalue weighted by molar-refractivity contribution is -0.385. The van der Waals surface area contributed by atoms with Gasteiger partial charge in [-0.1, -0.05) is 6.42 Å². The van der Waals surface area contributed by atoms with Crippen LogP contribution in [-0.2, 0) is 0 Å². The molecule has 1 heterocycles. The van der Waals surface area contributed by atoms with Gasteiger partial charge < -0.3 is 10.4 Å². The number of hydrogen-bond acceptors (Lipinski definition) is 5. The maximum Gasteiger partial charge on any atom is 0.287 e. The van der Waals surface area contributed by atoms with Gasteiger partial charge in [-0.3, -0.25) is 10.1 Å². The lowest BCUT2D eigenvalue weighted by atomic mass is 9.87. The zero-order chi connectivity index (χ0) is 13.0. The summed E-state index contributed by atoms with van der Waals surface area (Å²) in [5.74, 6) is 1.09. The van der Waals surface area contributed by atoms with Crippen LogP contribution in [0, 0.1) is 16.0 Å². The van der Waals surface area contributed by atoms with Crippen LogP contribution in [0.2, 0.25) is 0 Å². The van der Waals surface area contributed by atoms with Crippen molar-refractivity contribution in [3.63, 3.8) is 0 Å². The number of rotatable bonds is 4. The quantitative estimate of drug-likeness (QED) is 0.630. The average molecular weight is 251 g/mol. The molecule has 1 aromatic heterocycles. The van der Waals surface area contributed by atoms with Crippen LogP contribution in [0.25, 0.3) is 0 Å². The van der Waals surface area contributed by atoms with E-state index in [0.29, 0.717) is 11.7 Å². The molecule has 2 rings (SSSR count). The average Bonchev–Trinajstić information content (AvgIpc) is 2.37. The van der Waals surface area contributed by atoms with Gasteiger partial charge in [-0.05, 0) is 31.2 Å². The van der Waals surface area contributed by atoms with Crippen LogP contribution in [0.1, 0.15) is 25.7 Å². The lowest BCUT2D eigenvalue weighted by Gasteiger charge is -2.26. The highest BCUT2D eigenvalue weighted by Crippen LogP contribution is 2.24. The summed E-state index contributed by atoms with van der Waals surface area (Å²) in [6.07, 6.45) is 4.94. The third kappa shape index (κ3) is 3.40. The van der Waals surface area contributed by atoms with Gasteiger partial charge in [0.05, 0.1) is 11.0 Å². The van der Waals surface area contributed by atoms with Crippen LogP contribution in [0.3, 0.4) is 0 Å². The molecule has 0 saturated heterocycles. The molecule has 2 atom stereocenters. The highest BCUT2D eigenvalue weighted by Gasteiger charge is 2.19. The summed E-state index contributed by atoms with van der Waals surface area (Å²) in [6, 6.07) is 3.04. The molecule has 1 aliphatic rings. The van der Waals surface area contributed by atoms with Crippen LogP contribution in [0.4, 0.5) is 11.5 Å². The summed E-state index contributed by atoms with van der Waals surface area (Å²) in [7, 11) is 0. The molecule has 6 heteroatoms. The van der Waals surface area contributed by atoms with E-state index in [4.69, 9.17) is 0 Å². The number of aliphatic hydroxyl groups excluding tert-OH is 1. The van der Waals surface area contributed by atoms with E-state index in [1.54, 1.807) is 6.07 Å². The molecule has 6 nitrogen and oxygen atoms in total. The largest absolute Gasteiger partial charge is 0.393 e. The smallest absolute Gasteiger partial charge is 0.287 e. The van der Waals surface area contributed by atoms with Crippen molar-refractivity contribution in [3.8, 4) is 0 Å². The third-order valence-corrected chi connectivity index (χ3v) is 3.29. The fraction of sp³-hybridized carbons (Fsp3) is 0.583. The number of nitro groups is 1. The van der Waals surface area contributed by atoms with Crippen molar-refractivity contribution in [2.45, 2.75) is 31.8 Å². The van der Waals surface area contributed by atoms with Crippen LogP contribution in [0.15, 0.2) is 18.3 Å². The van der Waals surface area contributed by atoms with Crippen molar-refractivity contribution >= 4 is 11.5 Å². The van der Waals surface area contributed by atoms with E-state index in [0.717, 1.165) is 32.2 Å². The highest BCUT2D eigenvalue weighted by atomic mass is 16.6. The van der Waals surface area contributed by atoms with Crippen LogP contribution in [-0.4, -0.2) is 27.7 Å². The van der Waals surface area contributed by atoms with Crippen molar-refractivity contribution in [2.24, 2.45) is 5.92 Å². The maximum absolute atomic E-state index is 10.5. The summed E-state index contributed by atoms with van der Waals surface area (Å²) in [5, 5.41) is 23.2. The Kier molecular flexibility index (Phi) is 4.09. The first kappa shape index (κ1) is 12.8. The minimum absolute atomic E-state index is 0.00589. The van der Waals surface area contributed by atoms with E-state index in [1.165, 1.54) is 12.3 Å². The molecule has 2 N–H and O–H groups in total. The minimum atomic E-state index is -0.464. The zero-order valence-corrected chi connectivity index (χ0v) is 10.1. The van der Waals surface area contributed by atoms with E-state index in [1.807, 2.05) is 0 Å². The Bertz CT molecular complexity index is 408. The van der Waals surface area contributed by atoms with Gasteiger partial charge in [0.1, 0.15) is 12.0 Å². The summed E-state index contributed by atoms with van der Waals surface area (Å²) in [5.41, 5.74) is -0.00589. The lowest BCUT2D eigenvalue weighted by Crippen LogP contribution is -2.25. The molecular weight excluding hydrogens is 234 g/mol. The molecule has 0 amide bonds. The minimum Gasteiger partial charge on any atom is -0.393 e. The van der Waals surface area contributed by atoms with Gasteiger partial charge in [0.2, 0.25) is 0 Å². The van der Waals surface area contributed by atoms with Gasteiger partial charge in [-0.15, -0.1) is 0 Å². The predicted molar refractivity (Wildman–Crippen MR) is 67.3 cm³/mol. The van der Waals surface area contributed by atoms with Crippen LogP contribution in [0.5, 0.6) is 0 Å². The molecule has 0 bridgehead atoms. The van der Waals surface area contributed by atoms with Gasteiger partial charge in [-0.2, -0.15) is 0 Å². The first-order valence-electron chi connectivity index (χ1n) is 6.17. The molecule has 1 aromatic rings. The van der Waals surface area contributed by atoms with Crippen molar-refractivity contribution in [2.75, 3.05) is 11.9 Å². The fourth-order valence-electron chi connectivity index (χ4n) is 2.30. The zero-order valence-electron chi connectivity index (χ0n) is 10.1. The molecule has 1 aliphatic carbocycles. The number of anilines is 1. The Morgan fingerprint density at radius 1 is 1.50 bits per heavy atom. The maximum atomic E-state index is 10.5. The second kappa shape index (κ2) is 5.77. The van der Waals surface area contributed by atoms with Crippen molar-refractivity contribution < 1.29 is 10.0 Å². The molecule has 0 radical (unpaired) electrons. The highest BCUT2D eigenvalue weighted by molar-refractivity contribution is 5.40. The van der Waals surface area contributed by atoms with Gasteiger partial charge in [0, 0.05) is 12.6 Å². The van der Waals surface area contributed by atoms with Crippen LogP contribution >= 0.6 is 0 Å². The molecule has 0 spiro atoms. The second-order valence-corrected chi connectivity index (χ2v) is 4.73. The fourth-order valence-corrected chi connectivity index (χ4v) is 2.30. The van der Waals surface area contributed by atoms with Gasteiger partial charge in [0.25, 0.3) is 5.69 Å². The molecule has 1 saturated carbocycles. The van der Waals surface area contributed by atoms with E-state index < -0.39 is 4.92 Å². The van der Waals surface area contributed by atoms with E-state index in [-0.39, 0.29) is 11.8 Å². The van der Waals surface area contributed by atoms with Crippen molar-refractivity contribution in [3.05, 3.63) is 28.4 Å². The third-order valence-electron chi connectivity index (χ3n) is 3.29. The SMILES string of the molecule is O=[N+]([O-])c1ccc(NCC2CCCC(O)C2)nc1. The molecule has 98 valence electrons. The van der Waals surface area contributed by atoms with Crippen LogP contribution < -0.4 is 5.32 Å². The Balaban J connectivity index is 1.84. The number of pyridine rings is 1. The summed E-state index contributed by atoms with van der Waals surface area (Å²) < 4.78 is 0. The molecular formula is C12H17N3O3. The van der Waals surface area contributed by atoms with Crippen molar-refractivity contribution in [1.82, 2.24) is 4.98 Å². The number of nitrogens with one attached hydrogen (secondary N) is 1. The Labute approximate surface area is 105 Å².